The molecule has 6 nitrogen and oxygen atoms in total. The average molecular weight is 238 g/mol. The van der Waals surface area contributed by atoms with E-state index in [0.29, 0.717) is 19.8 Å². The van der Waals surface area contributed by atoms with Crippen LogP contribution in [0.25, 0.3) is 0 Å². The summed E-state index contributed by atoms with van der Waals surface area (Å²) in [6.07, 6.45) is -0.479. The Balaban J connectivity index is 1.88. The van der Waals surface area contributed by atoms with E-state index in [0.717, 1.165) is 5.56 Å². The number of aliphatic hydroxyl groups excluding tert-OH is 1. The van der Waals surface area contributed by atoms with Crippen molar-refractivity contribution in [1.82, 2.24) is 5.32 Å². The summed E-state index contributed by atoms with van der Waals surface area (Å²) in [5.41, 5.74) is 1.02. The van der Waals surface area contributed by atoms with E-state index in [4.69, 9.17) is 4.74 Å². The molecule has 0 saturated carbocycles. The highest BCUT2D eigenvalue weighted by atomic mass is 16.6. The van der Waals surface area contributed by atoms with Crippen LogP contribution in [0.1, 0.15) is 5.56 Å². The molecule has 0 aliphatic carbocycles. The van der Waals surface area contributed by atoms with Crippen LogP contribution in [0.15, 0.2) is 24.3 Å². The molecule has 6 heteroatoms. The normalized spacial score (nSPS) is 23.8. The number of hydrogen-bond acceptors (Lipinski definition) is 5. The molecule has 1 aromatic rings. The molecule has 0 amide bonds. The zero-order valence-corrected chi connectivity index (χ0v) is 9.20. The fourth-order valence-electron chi connectivity index (χ4n) is 1.72. The first-order valence-corrected chi connectivity index (χ1v) is 5.39. The molecule has 0 spiro atoms. The summed E-state index contributed by atoms with van der Waals surface area (Å²) in [4.78, 5) is 10.0. The Labute approximate surface area is 98.4 Å². The second-order valence-corrected chi connectivity index (χ2v) is 4.02. The second kappa shape index (κ2) is 5.22. The molecule has 92 valence electrons. The Kier molecular flexibility index (Phi) is 3.68. The minimum atomic E-state index is -0.479. The third-order valence-electron chi connectivity index (χ3n) is 2.77. The molecule has 1 saturated heterocycles. The Hall–Kier alpha value is -1.50. The molecule has 2 unspecified atom stereocenters. The largest absolute Gasteiger partial charge is 0.389 e. The summed E-state index contributed by atoms with van der Waals surface area (Å²) >= 11 is 0. The number of ether oxygens (including phenoxy) is 1. The zero-order chi connectivity index (χ0) is 12.3. The van der Waals surface area contributed by atoms with E-state index in [1.807, 2.05) is 0 Å². The van der Waals surface area contributed by atoms with Crippen LogP contribution in [0.3, 0.4) is 0 Å². The first kappa shape index (κ1) is 12.0. The maximum atomic E-state index is 10.5. The van der Waals surface area contributed by atoms with Gasteiger partial charge in [0.2, 0.25) is 0 Å². The van der Waals surface area contributed by atoms with Gasteiger partial charge in [0, 0.05) is 18.7 Å². The topological polar surface area (TPSA) is 84.6 Å². The Morgan fingerprint density at radius 3 is 2.65 bits per heavy atom. The SMILES string of the molecule is O=[N+]([O-])c1ccc(CNC2COCC2O)cc1. The van der Waals surface area contributed by atoms with Crippen LogP contribution in [-0.2, 0) is 11.3 Å². The molecule has 2 atom stereocenters. The first-order valence-electron chi connectivity index (χ1n) is 5.39. The van der Waals surface area contributed by atoms with Crippen molar-refractivity contribution in [3.8, 4) is 0 Å². The highest BCUT2D eigenvalue weighted by molar-refractivity contribution is 5.32. The number of benzene rings is 1. The van der Waals surface area contributed by atoms with E-state index in [1.165, 1.54) is 12.1 Å². The molecule has 0 aromatic heterocycles. The zero-order valence-electron chi connectivity index (χ0n) is 9.20. The second-order valence-electron chi connectivity index (χ2n) is 4.02. The van der Waals surface area contributed by atoms with Crippen molar-refractivity contribution in [2.75, 3.05) is 13.2 Å². The lowest BCUT2D eigenvalue weighted by Crippen LogP contribution is -2.38. The molecule has 1 aliphatic heterocycles. The molecule has 0 radical (unpaired) electrons. The minimum absolute atomic E-state index is 0.0646. The van der Waals surface area contributed by atoms with Crippen molar-refractivity contribution in [2.24, 2.45) is 0 Å². The number of hydrogen-bond donors (Lipinski definition) is 2. The van der Waals surface area contributed by atoms with Gasteiger partial charge in [-0.1, -0.05) is 12.1 Å². The van der Waals surface area contributed by atoms with E-state index >= 15 is 0 Å². The summed E-state index contributed by atoms with van der Waals surface area (Å²) in [6.45, 7) is 1.41. The smallest absolute Gasteiger partial charge is 0.269 e. The fraction of sp³-hybridized carbons (Fsp3) is 0.455. The van der Waals surface area contributed by atoms with Gasteiger partial charge in [0.25, 0.3) is 5.69 Å². The molecule has 17 heavy (non-hydrogen) atoms. The van der Waals surface area contributed by atoms with Crippen LogP contribution in [0.4, 0.5) is 5.69 Å². The van der Waals surface area contributed by atoms with Crippen molar-refractivity contribution in [2.45, 2.75) is 18.7 Å². The monoisotopic (exact) mass is 238 g/mol. The molecule has 2 N–H and O–H groups in total. The van der Waals surface area contributed by atoms with Crippen molar-refractivity contribution in [1.29, 1.82) is 0 Å². The minimum Gasteiger partial charge on any atom is -0.389 e. The maximum Gasteiger partial charge on any atom is 0.269 e. The van der Waals surface area contributed by atoms with Gasteiger partial charge >= 0.3 is 0 Å². The van der Waals surface area contributed by atoms with Crippen LogP contribution in [0.2, 0.25) is 0 Å². The number of nitrogens with one attached hydrogen (secondary N) is 1. The van der Waals surface area contributed by atoms with Gasteiger partial charge < -0.3 is 15.2 Å². The maximum absolute atomic E-state index is 10.5. The molecule has 1 fully saturated rings. The standard InChI is InChI=1S/C11H14N2O4/c14-11-7-17-6-10(11)12-5-8-1-3-9(4-2-8)13(15)16/h1-4,10-12,14H,5-7H2. The van der Waals surface area contributed by atoms with E-state index < -0.39 is 11.0 Å². The van der Waals surface area contributed by atoms with Crippen LogP contribution >= 0.6 is 0 Å². The number of aliphatic hydroxyl groups is 1. The van der Waals surface area contributed by atoms with E-state index in [2.05, 4.69) is 5.32 Å². The summed E-state index contributed by atoms with van der Waals surface area (Å²) in [5.74, 6) is 0. The summed E-state index contributed by atoms with van der Waals surface area (Å²) in [7, 11) is 0. The quantitative estimate of drug-likeness (QED) is 0.587. The molecule has 1 aliphatic rings. The van der Waals surface area contributed by atoms with Crippen molar-refractivity contribution < 1.29 is 14.8 Å². The van der Waals surface area contributed by atoms with Gasteiger partial charge in [0.15, 0.2) is 0 Å². The predicted octanol–water partition coefficient (Wildman–Crippen LogP) is 0.444. The Bertz CT molecular complexity index is 393. The van der Waals surface area contributed by atoms with E-state index in [9.17, 15) is 15.2 Å². The van der Waals surface area contributed by atoms with Crippen molar-refractivity contribution in [3.63, 3.8) is 0 Å². The number of nitro groups is 1. The van der Waals surface area contributed by atoms with Gasteiger partial charge in [0.05, 0.1) is 30.3 Å². The van der Waals surface area contributed by atoms with Crippen LogP contribution in [0.5, 0.6) is 0 Å². The van der Waals surface area contributed by atoms with Crippen LogP contribution in [0, 0.1) is 10.1 Å². The molecule has 2 rings (SSSR count). The van der Waals surface area contributed by atoms with Crippen LogP contribution < -0.4 is 5.32 Å². The van der Waals surface area contributed by atoms with Gasteiger partial charge in [-0.3, -0.25) is 10.1 Å². The molecule has 1 aromatic carbocycles. The third-order valence-corrected chi connectivity index (χ3v) is 2.77. The van der Waals surface area contributed by atoms with Crippen LogP contribution in [-0.4, -0.2) is 35.4 Å². The number of nitrogens with zero attached hydrogens (tertiary/aromatic N) is 1. The fourth-order valence-corrected chi connectivity index (χ4v) is 1.72. The van der Waals surface area contributed by atoms with E-state index in [1.54, 1.807) is 12.1 Å². The number of non-ortho nitro benzene ring substituents is 1. The molecule has 0 bridgehead atoms. The Morgan fingerprint density at radius 1 is 1.41 bits per heavy atom. The molecular weight excluding hydrogens is 224 g/mol. The van der Waals surface area contributed by atoms with Gasteiger partial charge in [-0.15, -0.1) is 0 Å². The summed E-state index contributed by atoms with van der Waals surface area (Å²) in [6, 6.07) is 6.28. The average Bonchev–Trinajstić information content (AvgIpc) is 2.73. The number of nitro benzene ring substituents is 1. The predicted molar refractivity (Wildman–Crippen MR) is 60.5 cm³/mol. The van der Waals surface area contributed by atoms with E-state index in [-0.39, 0.29) is 11.7 Å². The van der Waals surface area contributed by atoms with Gasteiger partial charge in [0.1, 0.15) is 0 Å². The lowest BCUT2D eigenvalue weighted by molar-refractivity contribution is -0.384. The summed E-state index contributed by atoms with van der Waals surface area (Å²) in [5, 5.41) is 23.1. The first-order chi connectivity index (χ1) is 8.16. The van der Waals surface area contributed by atoms with Gasteiger partial charge in [-0.25, -0.2) is 0 Å². The highest BCUT2D eigenvalue weighted by Crippen LogP contribution is 2.12. The Morgan fingerprint density at radius 2 is 2.12 bits per heavy atom. The highest BCUT2D eigenvalue weighted by Gasteiger charge is 2.25. The van der Waals surface area contributed by atoms with Gasteiger partial charge in [-0.2, -0.15) is 0 Å². The van der Waals surface area contributed by atoms with Crippen molar-refractivity contribution >= 4 is 5.69 Å². The molecular formula is C11H14N2O4. The van der Waals surface area contributed by atoms with Crippen molar-refractivity contribution in [3.05, 3.63) is 39.9 Å². The lowest BCUT2D eigenvalue weighted by Gasteiger charge is -2.14. The third kappa shape index (κ3) is 3.00. The van der Waals surface area contributed by atoms with Gasteiger partial charge in [-0.05, 0) is 5.56 Å². The number of rotatable bonds is 4. The summed E-state index contributed by atoms with van der Waals surface area (Å²) < 4.78 is 5.11. The molecule has 1 heterocycles. The lowest BCUT2D eigenvalue weighted by atomic mass is 10.1.